The molecule has 0 radical (unpaired) electrons. The monoisotopic (exact) mass is 252 g/mol. The van der Waals surface area contributed by atoms with Crippen LogP contribution in [0, 0.1) is 0 Å². The van der Waals surface area contributed by atoms with E-state index >= 15 is 0 Å². The molecule has 0 saturated carbocycles. The summed E-state index contributed by atoms with van der Waals surface area (Å²) < 4.78 is 1.81. The Morgan fingerprint density at radius 3 is 2.07 bits per heavy atom. The van der Waals surface area contributed by atoms with Crippen LogP contribution in [0.1, 0.15) is 6.92 Å². The van der Waals surface area contributed by atoms with Crippen LogP contribution >= 0.6 is 35.3 Å². The molecule has 0 atom stereocenters. The van der Waals surface area contributed by atoms with Crippen molar-refractivity contribution in [1.82, 2.24) is 0 Å². The lowest BCUT2D eigenvalue weighted by molar-refractivity contribution is -0.115. The summed E-state index contributed by atoms with van der Waals surface area (Å²) in [5.74, 6) is -0.311. The van der Waals surface area contributed by atoms with Crippen molar-refractivity contribution in [2.45, 2.75) is 6.92 Å². The number of nitrogens with zero attached hydrogens (tertiary/aromatic N) is 2. The first-order chi connectivity index (χ1) is 6.54. The van der Waals surface area contributed by atoms with Gasteiger partial charge in [0, 0.05) is 42.3 Å². The van der Waals surface area contributed by atoms with Crippen LogP contribution in [0.3, 0.4) is 0 Å². The van der Waals surface area contributed by atoms with Crippen molar-refractivity contribution in [2.24, 2.45) is 0 Å². The second-order valence-corrected chi connectivity index (χ2v) is 3.71. The van der Waals surface area contributed by atoms with Gasteiger partial charge in [-0.15, -0.1) is 0 Å². The lowest BCUT2D eigenvalue weighted by Gasteiger charge is -2.17. The molecule has 0 heterocycles. The molecule has 0 aliphatic heterocycles. The van der Waals surface area contributed by atoms with Crippen LogP contribution in [-0.4, -0.2) is 5.91 Å². The van der Waals surface area contributed by atoms with Gasteiger partial charge in [-0.3, -0.25) is 4.79 Å². The molecule has 1 rings (SSSR count). The van der Waals surface area contributed by atoms with Crippen LogP contribution < -0.4 is 8.36 Å². The number of carbonyl (C=O) groups is 1. The second kappa shape index (κ2) is 4.73. The third-order valence-corrected chi connectivity index (χ3v) is 2.34. The highest BCUT2D eigenvalue weighted by Crippen LogP contribution is 2.32. The average Bonchev–Trinajstić information content (AvgIpc) is 2.16. The maximum Gasteiger partial charge on any atom is 0.238 e. The van der Waals surface area contributed by atoms with Crippen LogP contribution in [-0.2, 0) is 4.79 Å². The summed E-state index contributed by atoms with van der Waals surface area (Å²) in [5.41, 5.74) is 0.882. The summed E-state index contributed by atoms with van der Waals surface area (Å²) in [7, 11) is 0. The molecule has 0 unspecified atom stereocenters. The van der Waals surface area contributed by atoms with E-state index in [2.05, 4.69) is 0 Å². The van der Waals surface area contributed by atoms with E-state index in [1.54, 1.807) is 24.3 Å². The van der Waals surface area contributed by atoms with Crippen LogP contribution in [0.15, 0.2) is 24.3 Å². The first kappa shape index (κ1) is 11.4. The Kier molecular flexibility index (Phi) is 3.86. The maximum atomic E-state index is 11.0. The van der Waals surface area contributed by atoms with E-state index in [1.807, 2.05) is 0 Å². The van der Waals surface area contributed by atoms with Gasteiger partial charge in [0.1, 0.15) is 0 Å². The molecular weight excluding hydrogens is 246 g/mol. The number of anilines is 2. The highest BCUT2D eigenvalue weighted by atomic mass is 35.5. The Labute approximate surface area is 97.1 Å². The zero-order valence-corrected chi connectivity index (χ0v) is 9.51. The number of halogens is 3. The minimum absolute atomic E-state index is 0.311. The van der Waals surface area contributed by atoms with Crippen molar-refractivity contribution in [3.05, 3.63) is 24.3 Å². The Morgan fingerprint density at radius 1 is 1.14 bits per heavy atom. The normalized spacial score (nSPS) is 9.71. The summed E-state index contributed by atoms with van der Waals surface area (Å²) in [6, 6.07) is 6.75. The van der Waals surface area contributed by atoms with Crippen molar-refractivity contribution in [3.8, 4) is 0 Å². The summed E-state index contributed by atoms with van der Waals surface area (Å²) in [4.78, 5) is 11.0. The van der Waals surface area contributed by atoms with Gasteiger partial charge in [-0.1, -0.05) is 12.1 Å². The van der Waals surface area contributed by atoms with Gasteiger partial charge in [-0.25, -0.2) is 4.42 Å². The van der Waals surface area contributed by atoms with Gasteiger partial charge < -0.3 is 0 Å². The first-order valence-electron chi connectivity index (χ1n) is 3.71. The number of para-hydroxylation sites is 2. The van der Waals surface area contributed by atoms with E-state index in [0.29, 0.717) is 11.4 Å². The molecular formula is C8H7Cl3N2O. The topological polar surface area (TPSA) is 23.6 Å². The Hall–Kier alpha value is -0.640. The van der Waals surface area contributed by atoms with Gasteiger partial charge in [0.15, 0.2) is 0 Å². The van der Waals surface area contributed by atoms with Crippen molar-refractivity contribution < 1.29 is 4.79 Å². The molecule has 0 N–H and O–H groups in total. The smallest absolute Gasteiger partial charge is 0.238 e. The van der Waals surface area contributed by atoms with E-state index in [4.69, 9.17) is 35.3 Å². The molecule has 0 spiro atoms. The predicted octanol–water partition coefficient (Wildman–Crippen LogP) is 3.31. The Bertz CT molecular complexity index is 343. The number of amides is 1. The number of hydrogen-bond acceptors (Lipinski definition) is 2. The zero-order valence-electron chi connectivity index (χ0n) is 7.25. The van der Waals surface area contributed by atoms with Crippen molar-refractivity contribution in [1.29, 1.82) is 0 Å². The molecule has 0 saturated heterocycles. The molecule has 0 bridgehead atoms. The Balaban J connectivity index is 3.13. The number of carbonyl (C=O) groups excluding carboxylic acids is 1. The lowest BCUT2D eigenvalue weighted by atomic mass is 10.3. The van der Waals surface area contributed by atoms with Crippen LogP contribution in [0.25, 0.3) is 0 Å². The molecule has 76 valence electrons. The number of hydrogen-bond donors (Lipinski definition) is 0. The van der Waals surface area contributed by atoms with Crippen molar-refractivity contribution in [3.63, 3.8) is 0 Å². The van der Waals surface area contributed by atoms with Gasteiger partial charge in [0.25, 0.3) is 0 Å². The molecule has 1 amide bonds. The summed E-state index contributed by atoms with van der Waals surface area (Å²) in [6.45, 7) is 1.34. The number of rotatable bonds is 2. The van der Waals surface area contributed by atoms with Crippen LogP contribution in [0.2, 0.25) is 0 Å². The van der Waals surface area contributed by atoms with Gasteiger partial charge >= 0.3 is 0 Å². The van der Waals surface area contributed by atoms with Crippen LogP contribution in [0.5, 0.6) is 0 Å². The molecule has 14 heavy (non-hydrogen) atoms. The molecule has 0 fully saturated rings. The van der Waals surface area contributed by atoms with E-state index < -0.39 is 0 Å². The van der Waals surface area contributed by atoms with E-state index in [9.17, 15) is 4.79 Å². The summed E-state index contributed by atoms with van der Waals surface area (Å²) in [5, 5.41) is 0. The summed E-state index contributed by atoms with van der Waals surface area (Å²) >= 11 is 16.8. The minimum Gasteiger partial charge on any atom is -0.274 e. The van der Waals surface area contributed by atoms with Crippen LogP contribution in [0.4, 0.5) is 11.4 Å². The van der Waals surface area contributed by atoms with Gasteiger partial charge in [0.2, 0.25) is 5.91 Å². The molecule has 6 heteroatoms. The van der Waals surface area contributed by atoms with Gasteiger partial charge in [-0.05, 0) is 12.1 Å². The van der Waals surface area contributed by atoms with E-state index in [1.165, 1.54) is 6.92 Å². The van der Waals surface area contributed by atoms with E-state index in [0.717, 1.165) is 8.36 Å². The molecule has 0 aromatic heterocycles. The van der Waals surface area contributed by atoms with Gasteiger partial charge in [0.05, 0.1) is 11.4 Å². The average molecular weight is 254 g/mol. The SMILES string of the molecule is CC(=O)N(Cl)c1ccccc1N(Cl)Cl. The second-order valence-electron chi connectivity index (χ2n) is 2.52. The molecule has 1 aromatic rings. The highest BCUT2D eigenvalue weighted by Gasteiger charge is 2.15. The standard InChI is InChI=1S/C8H7Cl3N2O/c1-6(14)12(9)7-4-2-3-5-8(7)13(10)11/h2-5H,1H3. The maximum absolute atomic E-state index is 11.0. The zero-order chi connectivity index (χ0) is 10.7. The largest absolute Gasteiger partial charge is 0.274 e. The minimum atomic E-state index is -0.311. The van der Waals surface area contributed by atoms with E-state index in [-0.39, 0.29) is 5.91 Å². The third kappa shape index (κ3) is 2.44. The molecule has 0 aliphatic carbocycles. The molecule has 1 aromatic carbocycles. The van der Waals surface area contributed by atoms with Crippen molar-refractivity contribution >= 4 is 52.6 Å². The number of benzene rings is 1. The fraction of sp³-hybridized carbons (Fsp3) is 0.125. The van der Waals surface area contributed by atoms with Gasteiger partial charge in [-0.2, -0.15) is 3.94 Å². The van der Waals surface area contributed by atoms with Crippen molar-refractivity contribution in [2.75, 3.05) is 8.36 Å². The summed E-state index contributed by atoms with van der Waals surface area (Å²) in [6.07, 6.45) is 0. The third-order valence-electron chi connectivity index (χ3n) is 1.55. The fourth-order valence-electron chi connectivity index (χ4n) is 0.943. The lowest BCUT2D eigenvalue weighted by Crippen LogP contribution is -2.17. The molecule has 0 aliphatic rings. The fourth-order valence-corrected chi connectivity index (χ4v) is 1.37. The Morgan fingerprint density at radius 2 is 1.64 bits per heavy atom. The highest BCUT2D eigenvalue weighted by molar-refractivity contribution is 6.50. The molecule has 3 nitrogen and oxygen atoms in total. The quantitative estimate of drug-likeness (QED) is 0.755. The predicted molar refractivity (Wildman–Crippen MR) is 59.6 cm³/mol. The first-order valence-corrected chi connectivity index (χ1v) is 4.72.